The maximum atomic E-state index is 5.07. The third kappa shape index (κ3) is 4.68. The number of anilines is 1. The molecule has 0 aromatic carbocycles. The van der Waals surface area contributed by atoms with Crippen molar-refractivity contribution in [2.75, 3.05) is 32.2 Å². The summed E-state index contributed by atoms with van der Waals surface area (Å²) in [5, 5.41) is 3.42. The van der Waals surface area contributed by atoms with Crippen molar-refractivity contribution in [1.82, 2.24) is 10.3 Å². The summed E-state index contributed by atoms with van der Waals surface area (Å²) in [6.45, 7) is 4.82. The van der Waals surface area contributed by atoms with Crippen LogP contribution in [-0.2, 0) is 11.3 Å². The second-order valence-corrected chi connectivity index (χ2v) is 6.18. The van der Waals surface area contributed by atoms with Crippen molar-refractivity contribution >= 4 is 5.82 Å². The van der Waals surface area contributed by atoms with Crippen LogP contribution in [0.3, 0.4) is 0 Å². The van der Waals surface area contributed by atoms with Gasteiger partial charge < -0.3 is 15.0 Å². The highest BCUT2D eigenvalue weighted by Gasteiger charge is 2.23. The fourth-order valence-corrected chi connectivity index (χ4v) is 3.09. The van der Waals surface area contributed by atoms with Crippen molar-refractivity contribution < 1.29 is 4.74 Å². The van der Waals surface area contributed by atoms with E-state index < -0.39 is 0 Å². The zero-order valence-corrected chi connectivity index (χ0v) is 13.6. The van der Waals surface area contributed by atoms with Gasteiger partial charge in [-0.2, -0.15) is 0 Å². The molecule has 0 amide bonds. The van der Waals surface area contributed by atoms with E-state index in [9.17, 15) is 0 Å². The van der Waals surface area contributed by atoms with E-state index in [0.29, 0.717) is 6.04 Å². The molecule has 1 aliphatic carbocycles. The first kappa shape index (κ1) is 16.2. The molecule has 0 unspecified atom stereocenters. The van der Waals surface area contributed by atoms with Gasteiger partial charge in [0.15, 0.2) is 0 Å². The van der Waals surface area contributed by atoms with Crippen LogP contribution in [-0.4, -0.2) is 38.3 Å². The smallest absolute Gasteiger partial charge is 0.132 e. The van der Waals surface area contributed by atoms with Gasteiger partial charge in [-0.25, -0.2) is 4.98 Å². The van der Waals surface area contributed by atoms with Crippen molar-refractivity contribution in [3.63, 3.8) is 0 Å². The number of rotatable bonds is 7. The van der Waals surface area contributed by atoms with Crippen LogP contribution < -0.4 is 10.2 Å². The van der Waals surface area contributed by atoms with Gasteiger partial charge >= 0.3 is 0 Å². The Kier molecular flexibility index (Phi) is 6.46. The molecule has 1 aromatic heterocycles. The van der Waals surface area contributed by atoms with Crippen LogP contribution in [0.4, 0.5) is 5.82 Å². The highest BCUT2D eigenvalue weighted by atomic mass is 16.5. The molecule has 1 heterocycles. The first-order valence-electron chi connectivity index (χ1n) is 8.08. The lowest BCUT2D eigenvalue weighted by atomic mass is 9.86. The Bertz CT molecular complexity index is 416. The zero-order chi connectivity index (χ0) is 15.1. The predicted octanol–water partition coefficient (Wildman–Crippen LogP) is 2.83. The van der Waals surface area contributed by atoms with E-state index in [-0.39, 0.29) is 0 Å². The van der Waals surface area contributed by atoms with Gasteiger partial charge in [-0.3, -0.25) is 0 Å². The van der Waals surface area contributed by atoms with E-state index in [4.69, 9.17) is 4.74 Å². The molecule has 1 fully saturated rings. The molecule has 0 aliphatic heterocycles. The highest BCUT2D eigenvalue weighted by Crippen LogP contribution is 2.29. The Morgan fingerprint density at radius 2 is 2.10 bits per heavy atom. The summed E-state index contributed by atoms with van der Waals surface area (Å²) in [5.41, 5.74) is 1.27. The number of aromatic nitrogens is 1. The van der Waals surface area contributed by atoms with Crippen LogP contribution in [0.2, 0.25) is 0 Å². The Morgan fingerprint density at radius 1 is 1.33 bits per heavy atom. The van der Waals surface area contributed by atoms with Crippen LogP contribution >= 0.6 is 0 Å². The number of hydrogen-bond donors (Lipinski definition) is 1. The minimum absolute atomic E-state index is 0.633. The maximum Gasteiger partial charge on any atom is 0.132 e. The lowest BCUT2D eigenvalue weighted by Gasteiger charge is -2.35. The summed E-state index contributed by atoms with van der Waals surface area (Å²) in [6.07, 6.45) is 7.14. The van der Waals surface area contributed by atoms with Gasteiger partial charge in [-0.1, -0.05) is 13.0 Å². The summed E-state index contributed by atoms with van der Waals surface area (Å²) >= 11 is 0. The van der Waals surface area contributed by atoms with Crippen molar-refractivity contribution in [2.24, 2.45) is 5.92 Å². The number of hydrogen-bond acceptors (Lipinski definition) is 4. The quantitative estimate of drug-likeness (QED) is 0.784. The van der Waals surface area contributed by atoms with Gasteiger partial charge in [0, 0.05) is 45.0 Å². The molecule has 2 rings (SSSR count). The van der Waals surface area contributed by atoms with E-state index in [1.54, 1.807) is 7.11 Å². The molecule has 1 aromatic rings. The topological polar surface area (TPSA) is 37.4 Å². The van der Waals surface area contributed by atoms with Crippen molar-refractivity contribution in [3.05, 3.63) is 23.9 Å². The van der Waals surface area contributed by atoms with E-state index in [1.165, 1.54) is 31.2 Å². The largest absolute Gasteiger partial charge is 0.383 e. The molecule has 4 heteroatoms. The molecule has 21 heavy (non-hydrogen) atoms. The minimum Gasteiger partial charge on any atom is -0.383 e. The number of methoxy groups -OCH3 is 1. The molecule has 1 saturated carbocycles. The average Bonchev–Trinajstić information content (AvgIpc) is 2.52. The number of pyridine rings is 1. The van der Waals surface area contributed by atoms with Crippen LogP contribution in [0, 0.1) is 5.92 Å². The molecule has 0 radical (unpaired) electrons. The number of nitrogens with one attached hydrogen (secondary N) is 1. The summed E-state index contributed by atoms with van der Waals surface area (Å²) in [5.74, 6) is 2.01. The van der Waals surface area contributed by atoms with E-state index in [2.05, 4.69) is 35.2 Å². The normalized spacial score (nSPS) is 22.2. The SMILES string of the molecule is COCCNCc1cccnc1N(C)C1CCC(C)CC1. The van der Waals surface area contributed by atoms with Gasteiger partial charge in [0.1, 0.15) is 5.82 Å². The molecule has 0 saturated heterocycles. The Hall–Kier alpha value is -1.13. The number of nitrogens with zero attached hydrogens (tertiary/aromatic N) is 2. The van der Waals surface area contributed by atoms with Gasteiger partial charge in [-0.15, -0.1) is 0 Å². The molecule has 0 atom stereocenters. The first-order chi connectivity index (χ1) is 10.2. The summed E-state index contributed by atoms with van der Waals surface area (Å²) < 4.78 is 5.07. The third-order valence-corrected chi connectivity index (χ3v) is 4.53. The van der Waals surface area contributed by atoms with Gasteiger partial charge in [0.2, 0.25) is 0 Å². The van der Waals surface area contributed by atoms with Gasteiger partial charge in [0.25, 0.3) is 0 Å². The van der Waals surface area contributed by atoms with E-state index in [0.717, 1.165) is 31.4 Å². The van der Waals surface area contributed by atoms with Crippen LogP contribution in [0.15, 0.2) is 18.3 Å². The monoisotopic (exact) mass is 291 g/mol. The molecule has 1 N–H and O–H groups in total. The minimum atomic E-state index is 0.633. The fraction of sp³-hybridized carbons (Fsp3) is 0.706. The molecule has 0 bridgehead atoms. The molecular formula is C17H29N3O. The van der Waals surface area contributed by atoms with E-state index >= 15 is 0 Å². The van der Waals surface area contributed by atoms with Crippen molar-refractivity contribution in [3.8, 4) is 0 Å². The zero-order valence-electron chi connectivity index (χ0n) is 13.6. The lowest BCUT2D eigenvalue weighted by Crippen LogP contribution is -2.36. The van der Waals surface area contributed by atoms with Crippen molar-refractivity contribution in [1.29, 1.82) is 0 Å². The average molecular weight is 291 g/mol. The predicted molar refractivity (Wildman–Crippen MR) is 87.6 cm³/mol. The van der Waals surface area contributed by atoms with Crippen LogP contribution in [0.1, 0.15) is 38.2 Å². The van der Waals surface area contributed by atoms with Gasteiger partial charge in [0.05, 0.1) is 6.61 Å². The Labute approximate surface area is 128 Å². The van der Waals surface area contributed by atoms with Crippen molar-refractivity contribution in [2.45, 2.75) is 45.2 Å². The summed E-state index contributed by atoms with van der Waals surface area (Å²) in [4.78, 5) is 7.01. The number of ether oxygens (including phenoxy) is 1. The molecular weight excluding hydrogens is 262 g/mol. The molecule has 118 valence electrons. The standard InChI is InChI=1S/C17H29N3O/c1-14-6-8-16(9-7-14)20(2)17-15(5-4-10-19-17)13-18-11-12-21-3/h4-5,10,14,16,18H,6-9,11-13H2,1-3H3. The second kappa shape index (κ2) is 8.35. The summed E-state index contributed by atoms with van der Waals surface area (Å²) in [7, 11) is 3.93. The molecule has 1 aliphatic rings. The first-order valence-corrected chi connectivity index (χ1v) is 8.08. The fourth-order valence-electron chi connectivity index (χ4n) is 3.09. The van der Waals surface area contributed by atoms with Gasteiger partial charge in [-0.05, 0) is 37.7 Å². The Balaban J connectivity index is 1.97. The maximum absolute atomic E-state index is 5.07. The second-order valence-electron chi connectivity index (χ2n) is 6.18. The third-order valence-electron chi connectivity index (χ3n) is 4.53. The summed E-state index contributed by atoms with van der Waals surface area (Å²) in [6, 6.07) is 4.83. The van der Waals surface area contributed by atoms with Crippen LogP contribution in [0.5, 0.6) is 0 Å². The van der Waals surface area contributed by atoms with E-state index in [1.807, 2.05) is 12.3 Å². The molecule has 4 nitrogen and oxygen atoms in total. The highest BCUT2D eigenvalue weighted by molar-refractivity contribution is 5.47. The van der Waals surface area contributed by atoms with Crippen LogP contribution in [0.25, 0.3) is 0 Å². The molecule has 0 spiro atoms. The lowest BCUT2D eigenvalue weighted by molar-refractivity contribution is 0.199. The Morgan fingerprint density at radius 3 is 2.81 bits per heavy atom.